The Bertz CT molecular complexity index is 224. The maximum Gasteiger partial charge on any atom is 0.164 e. The molecular formula is C9H14O4. The molecular weight excluding hydrogens is 172 g/mol. The van der Waals surface area contributed by atoms with Crippen molar-refractivity contribution >= 4 is 0 Å². The number of epoxide rings is 1. The van der Waals surface area contributed by atoms with E-state index in [0.29, 0.717) is 6.61 Å². The van der Waals surface area contributed by atoms with Crippen molar-refractivity contribution in [2.24, 2.45) is 0 Å². The average Bonchev–Trinajstić information content (AvgIpc) is 2.72. The van der Waals surface area contributed by atoms with Crippen LogP contribution in [-0.4, -0.2) is 43.4 Å². The van der Waals surface area contributed by atoms with E-state index < -0.39 is 5.79 Å². The average molecular weight is 186 g/mol. The number of hydrogen-bond donors (Lipinski definition) is 0. The van der Waals surface area contributed by atoms with Gasteiger partial charge in [0, 0.05) is 0 Å². The van der Waals surface area contributed by atoms with Crippen LogP contribution in [0, 0.1) is 0 Å². The first-order valence-corrected chi connectivity index (χ1v) is 4.74. The summed E-state index contributed by atoms with van der Waals surface area (Å²) in [5.74, 6) is -0.452. The highest BCUT2D eigenvalue weighted by Crippen LogP contribution is 2.38. The molecule has 3 heterocycles. The van der Waals surface area contributed by atoms with E-state index in [1.807, 2.05) is 13.8 Å². The molecule has 13 heavy (non-hydrogen) atoms. The van der Waals surface area contributed by atoms with E-state index in [2.05, 4.69) is 0 Å². The second-order valence-corrected chi connectivity index (χ2v) is 4.31. The molecule has 0 unspecified atom stereocenters. The second-order valence-electron chi connectivity index (χ2n) is 4.31. The summed E-state index contributed by atoms with van der Waals surface area (Å²) in [5.41, 5.74) is 0. The van der Waals surface area contributed by atoms with Gasteiger partial charge < -0.3 is 18.9 Å². The van der Waals surface area contributed by atoms with Crippen molar-refractivity contribution in [3.63, 3.8) is 0 Å². The van der Waals surface area contributed by atoms with E-state index in [1.54, 1.807) is 0 Å². The molecule has 0 N–H and O–H groups in total. The maximum absolute atomic E-state index is 5.76. The molecule has 3 rings (SSSR count). The molecule has 4 heteroatoms. The van der Waals surface area contributed by atoms with Crippen LogP contribution in [0.2, 0.25) is 0 Å². The van der Waals surface area contributed by atoms with E-state index >= 15 is 0 Å². The predicted octanol–water partition coefficient (Wildman–Crippen LogP) is 0.304. The van der Waals surface area contributed by atoms with Gasteiger partial charge in [-0.1, -0.05) is 0 Å². The first-order chi connectivity index (χ1) is 6.16. The maximum atomic E-state index is 5.76. The molecule has 0 spiro atoms. The monoisotopic (exact) mass is 186 g/mol. The third kappa shape index (κ3) is 1.29. The van der Waals surface area contributed by atoms with E-state index in [4.69, 9.17) is 18.9 Å². The van der Waals surface area contributed by atoms with Gasteiger partial charge in [-0.2, -0.15) is 0 Å². The van der Waals surface area contributed by atoms with Crippen molar-refractivity contribution in [1.29, 1.82) is 0 Å². The van der Waals surface area contributed by atoms with Gasteiger partial charge >= 0.3 is 0 Å². The van der Waals surface area contributed by atoms with Crippen molar-refractivity contribution in [3.8, 4) is 0 Å². The van der Waals surface area contributed by atoms with Crippen LogP contribution in [0.3, 0.4) is 0 Å². The van der Waals surface area contributed by atoms with Gasteiger partial charge in [-0.3, -0.25) is 0 Å². The van der Waals surface area contributed by atoms with Gasteiger partial charge in [-0.25, -0.2) is 0 Å². The van der Waals surface area contributed by atoms with Gasteiger partial charge in [0.05, 0.1) is 13.2 Å². The molecule has 74 valence electrons. The minimum absolute atomic E-state index is 0.0718. The van der Waals surface area contributed by atoms with Crippen molar-refractivity contribution in [2.45, 2.75) is 44.1 Å². The van der Waals surface area contributed by atoms with Crippen molar-refractivity contribution in [2.75, 3.05) is 13.2 Å². The first kappa shape index (κ1) is 8.17. The molecule has 0 aromatic heterocycles. The van der Waals surface area contributed by atoms with E-state index in [9.17, 15) is 0 Å². The third-order valence-corrected chi connectivity index (χ3v) is 2.72. The van der Waals surface area contributed by atoms with Crippen LogP contribution in [0.15, 0.2) is 0 Å². The molecule has 3 aliphatic rings. The third-order valence-electron chi connectivity index (χ3n) is 2.72. The summed E-state index contributed by atoms with van der Waals surface area (Å²) >= 11 is 0. The molecule has 0 amide bonds. The molecule has 4 nitrogen and oxygen atoms in total. The quantitative estimate of drug-likeness (QED) is 0.552. The predicted molar refractivity (Wildman–Crippen MR) is 43.3 cm³/mol. The van der Waals surface area contributed by atoms with E-state index in [-0.39, 0.29) is 24.4 Å². The van der Waals surface area contributed by atoms with Crippen LogP contribution in [0.25, 0.3) is 0 Å². The fourth-order valence-electron chi connectivity index (χ4n) is 2.14. The number of ether oxygens (including phenoxy) is 4. The smallest absolute Gasteiger partial charge is 0.164 e. The highest BCUT2D eigenvalue weighted by molar-refractivity contribution is 4.98. The van der Waals surface area contributed by atoms with Crippen LogP contribution in [0.4, 0.5) is 0 Å². The van der Waals surface area contributed by atoms with Crippen molar-refractivity contribution in [3.05, 3.63) is 0 Å². The van der Waals surface area contributed by atoms with Gasteiger partial charge in [0.1, 0.15) is 24.4 Å². The lowest BCUT2D eigenvalue weighted by Crippen LogP contribution is -2.33. The Balaban J connectivity index is 1.76. The van der Waals surface area contributed by atoms with Crippen molar-refractivity contribution in [1.82, 2.24) is 0 Å². The van der Waals surface area contributed by atoms with Gasteiger partial charge in [0.25, 0.3) is 0 Å². The van der Waals surface area contributed by atoms with Gasteiger partial charge in [0.15, 0.2) is 5.79 Å². The largest absolute Gasteiger partial charge is 0.370 e. The standard InChI is InChI=1S/C9H14O4/c1-9(2)12-6-4-11-7(5-3-10-5)8(6)13-9/h5-8H,3-4H2,1-2H3/t5-,6-,7-,8-/m0/s1. The zero-order valence-electron chi connectivity index (χ0n) is 7.86. The zero-order valence-corrected chi connectivity index (χ0v) is 7.86. The topological polar surface area (TPSA) is 40.2 Å². The molecule has 4 atom stereocenters. The molecule has 3 fully saturated rings. The summed E-state index contributed by atoms with van der Waals surface area (Å²) in [6, 6.07) is 0. The molecule has 3 saturated heterocycles. The highest BCUT2D eigenvalue weighted by Gasteiger charge is 2.55. The Hall–Kier alpha value is -0.160. The lowest BCUT2D eigenvalue weighted by atomic mass is 10.1. The lowest BCUT2D eigenvalue weighted by molar-refractivity contribution is -0.176. The molecule has 0 aromatic rings. The van der Waals surface area contributed by atoms with E-state index in [0.717, 1.165) is 6.61 Å². The number of hydrogen-bond acceptors (Lipinski definition) is 4. The Morgan fingerprint density at radius 3 is 2.38 bits per heavy atom. The fraction of sp³-hybridized carbons (Fsp3) is 1.00. The summed E-state index contributed by atoms with van der Waals surface area (Å²) in [5, 5.41) is 0. The molecule has 0 radical (unpaired) electrons. The summed E-state index contributed by atoms with van der Waals surface area (Å²) in [7, 11) is 0. The van der Waals surface area contributed by atoms with Gasteiger partial charge in [-0.15, -0.1) is 0 Å². The van der Waals surface area contributed by atoms with Crippen LogP contribution in [0.1, 0.15) is 13.8 Å². The number of fused-ring (bicyclic) bond motifs is 1. The van der Waals surface area contributed by atoms with Crippen LogP contribution < -0.4 is 0 Å². The van der Waals surface area contributed by atoms with Gasteiger partial charge in [0.2, 0.25) is 0 Å². The second kappa shape index (κ2) is 2.45. The normalized spacial score (nSPS) is 52.2. The summed E-state index contributed by atoms with van der Waals surface area (Å²) < 4.78 is 22.2. The fourth-order valence-corrected chi connectivity index (χ4v) is 2.14. The van der Waals surface area contributed by atoms with E-state index in [1.165, 1.54) is 0 Å². The first-order valence-electron chi connectivity index (χ1n) is 4.74. The molecule has 3 aliphatic heterocycles. The highest BCUT2D eigenvalue weighted by atomic mass is 16.8. The Morgan fingerprint density at radius 2 is 1.69 bits per heavy atom. The Kier molecular flexibility index (Phi) is 1.54. The summed E-state index contributed by atoms with van der Waals surface area (Å²) in [6.07, 6.45) is 0.506. The van der Waals surface area contributed by atoms with Crippen LogP contribution >= 0.6 is 0 Å². The molecule has 0 bridgehead atoms. The van der Waals surface area contributed by atoms with Gasteiger partial charge in [-0.05, 0) is 13.8 Å². The SMILES string of the molecule is CC1(C)O[C@@H]2[C@H]([C@@H]3CO3)OC[C@@H]2O1. The lowest BCUT2D eigenvalue weighted by Gasteiger charge is -2.20. The Labute approximate surface area is 77.1 Å². The minimum Gasteiger partial charge on any atom is -0.370 e. The minimum atomic E-state index is -0.452. The van der Waals surface area contributed by atoms with Crippen molar-refractivity contribution < 1.29 is 18.9 Å². The van der Waals surface area contributed by atoms with Crippen LogP contribution in [0.5, 0.6) is 0 Å². The number of rotatable bonds is 1. The summed E-state index contributed by atoms with van der Waals surface area (Å²) in [4.78, 5) is 0. The summed E-state index contributed by atoms with van der Waals surface area (Å²) in [6.45, 7) is 5.32. The Morgan fingerprint density at radius 1 is 0.923 bits per heavy atom. The molecule has 0 aliphatic carbocycles. The molecule has 0 saturated carbocycles. The van der Waals surface area contributed by atoms with Crippen LogP contribution in [-0.2, 0) is 18.9 Å². The zero-order chi connectivity index (χ0) is 9.05. The molecule has 0 aromatic carbocycles.